The Bertz CT molecular complexity index is 462. The smallest absolute Gasteiger partial charge is 0.177 e. The Balaban J connectivity index is 2.35. The van der Waals surface area contributed by atoms with E-state index >= 15 is 0 Å². The summed E-state index contributed by atoms with van der Waals surface area (Å²) in [5.74, 6) is 1.64. The minimum Gasteiger partial charge on any atom is -0.461 e. The molecule has 0 saturated heterocycles. The van der Waals surface area contributed by atoms with Gasteiger partial charge in [0.1, 0.15) is 4.60 Å². The lowest BCUT2D eigenvalue weighted by Gasteiger charge is -2.04. The summed E-state index contributed by atoms with van der Waals surface area (Å²) < 4.78 is 8.29. The first-order valence-electron chi connectivity index (χ1n) is 5.13. The number of furan rings is 1. The van der Waals surface area contributed by atoms with E-state index in [1.165, 1.54) is 5.69 Å². The van der Waals surface area contributed by atoms with E-state index in [1.807, 2.05) is 26.2 Å². The Hall–Kier alpha value is -1.07. The van der Waals surface area contributed by atoms with Crippen molar-refractivity contribution >= 4 is 15.9 Å². The molecule has 0 saturated carbocycles. The number of hydrogen-bond donors (Lipinski definition) is 1. The van der Waals surface area contributed by atoms with Crippen LogP contribution in [0.4, 0.5) is 0 Å². The van der Waals surface area contributed by atoms with Crippen molar-refractivity contribution in [1.82, 2.24) is 14.9 Å². The van der Waals surface area contributed by atoms with E-state index in [2.05, 4.69) is 30.8 Å². The van der Waals surface area contributed by atoms with Crippen molar-refractivity contribution in [3.63, 3.8) is 0 Å². The Labute approximate surface area is 103 Å². The summed E-state index contributed by atoms with van der Waals surface area (Å²) in [7, 11) is 3.94. The first kappa shape index (κ1) is 11.4. The fourth-order valence-corrected chi connectivity index (χ4v) is 2.27. The summed E-state index contributed by atoms with van der Waals surface area (Å²) in [6.07, 6.45) is 2.59. The van der Waals surface area contributed by atoms with E-state index < -0.39 is 0 Å². The number of aromatic nitrogens is 2. The lowest BCUT2D eigenvalue weighted by atomic mass is 10.3. The van der Waals surface area contributed by atoms with E-state index in [9.17, 15) is 0 Å². The summed E-state index contributed by atoms with van der Waals surface area (Å²) in [5.41, 5.74) is 1.17. The molecule has 86 valence electrons. The van der Waals surface area contributed by atoms with Crippen molar-refractivity contribution in [3.05, 3.63) is 28.7 Å². The number of nitrogens with one attached hydrogen (secondary N) is 1. The minimum atomic E-state index is 0.791. The highest BCUT2D eigenvalue weighted by molar-refractivity contribution is 9.10. The number of hydrogen-bond acceptors (Lipinski definition) is 3. The van der Waals surface area contributed by atoms with E-state index in [4.69, 9.17) is 4.42 Å². The molecular weight excluding hydrogens is 270 g/mol. The van der Waals surface area contributed by atoms with Crippen molar-refractivity contribution in [2.75, 3.05) is 13.6 Å². The molecule has 0 fully saturated rings. The van der Waals surface area contributed by atoms with Gasteiger partial charge in [-0.3, -0.25) is 0 Å². The number of imidazole rings is 1. The van der Waals surface area contributed by atoms with Crippen LogP contribution >= 0.6 is 15.9 Å². The Morgan fingerprint density at radius 1 is 1.56 bits per heavy atom. The molecule has 4 nitrogen and oxygen atoms in total. The molecule has 2 rings (SSSR count). The van der Waals surface area contributed by atoms with Crippen LogP contribution < -0.4 is 5.32 Å². The predicted octanol–water partition coefficient (Wildman–Crippen LogP) is 2.20. The highest BCUT2D eigenvalue weighted by Gasteiger charge is 2.15. The molecule has 2 heterocycles. The summed E-state index contributed by atoms with van der Waals surface area (Å²) in [6.45, 7) is 0.926. The molecule has 0 spiro atoms. The number of halogens is 1. The van der Waals surface area contributed by atoms with Gasteiger partial charge >= 0.3 is 0 Å². The second-order valence-electron chi connectivity index (χ2n) is 3.56. The summed E-state index contributed by atoms with van der Waals surface area (Å²) in [6, 6.07) is 3.78. The van der Waals surface area contributed by atoms with Gasteiger partial charge in [-0.2, -0.15) is 0 Å². The summed E-state index contributed by atoms with van der Waals surface area (Å²) >= 11 is 3.48. The lowest BCUT2D eigenvalue weighted by molar-refractivity contribution is 0.572. The van der Waals surface area contributed by atoms with Crippen LogP contribution in [0.2, 0.25) is 0 Å². The van der Waals surface area contributed by atoms with Crippen LogP contribution in [0.1, 0.15) is 5.69 Å². The molecular formula is C11H14BrN3O. The van der Waals surface area contributed by atoms with Crippen molar-refractivity contribution in [1.29, 1.82) is 0 Å². The van der Waals surface area contributed by atoms with Crippen LogP contribution in [-0.2, 0) is 13.5 Å². The first-order valence-corrected chi connectivity index (χ1v) is 5.93. The van der Waals surface area contributed by atoms with E-state index in [0.29, 0.717) is 0 Å². The maximum Gasteiger partial charge on any atom is 0.177 e. The number of rotatable bonds is 4. The predicted molar refractivity (Wildman–Crippen MR) is 66.2 cm³/mol. The third-order valence-corrected chi connectivity index (χ3v) is 3.15. The van der Waals surface area contributed by atoms with Gasteiger partial charge in [-0.15, -0.1) is 0 Å². The topological polar surface area (TPSA) is 43.0 Å². The molecule has 0 bridgehead atoms. The van der Waals surface area contributed by atoms with Crippen LogP contribution in [0, 0.1) is 0 Å². The third kappa shape index (κ3) is 2.05. The zero-order valence-electron chi connectivity index (χ0n) is 9.33. The molecule has 0 aliphatic rings. The second kappa shape index (κ2) is 4.84. The Morgan fingerprint density at radius 2 is 2.38 bits per heavy atom. The van der Waals surface area contributed by atoms with Crippen LogP contribution in [0.3, 0.4) is 0 Å². The zero-order valence-corrected chi connectivity index (χ0v) is 10.9. The van der Waals surface area contributed by atoms with Crippen molar-refractivity contribution < 1.29 is 4.42 Å². The highest BCUT2D eigenvalue weighted by atomic mass is 79.9. The number of nitrogens with zero attached hydrogens (tertiary/aromatic N) is 2. The quantitative estimate of drug-likeness (QED) is 0.936. The molecule has 16 heavy (non-hydrogen) atoms. The fraction of sp³-hybridized carbons (Fsp3) is 0.364. The van der Waals surface area contributed by atoms with E-state index in [-0.39, 0.29) is 0 Å². The van der Waals surface area contributed by atoms with E-state index in [0.717, 1.165) is 29.2 Å². The van der Waals surface area contributed by atoms with Crippen molar-refractivity contribution in [2.45, 2.75) is 6.42 Å². The maximum absolute atomic E-state index is 5.35. The Kier molecular flexibility index (Phi) is 3.46. The second-order valence-corrected chi connectivity index (χ2v) is 4.31. The number of likely N-dealkylation sites (N-methyl/N-ethyl adjacent to an activating group) is 1. The van der Waals surface area contributed by atoms with Gasteiger partial charge in [0.05, 0.1) is 12.0 Å². The van der Waals surface area contributed by atoms with Gasteiger partial charge in [0.2, 0.25) is 0 Å². The molecule has 0 aliphatic heterocycles. The van der Waals surface area contributed by atoms with Gasteiger partial charge in [-0.25, -0.2) is 4.98 Å². The average molecular weight is 284 g/mol. The molecule has 5 heteroatoms. The van der Waals surface area contributed by atoms with Crippen molar-refractivity contribution in [3.8, 4) is 11.6 Å². The van der Waals surface area contributed by atoms with Gasteiger partial charge < -0.3 is 14.3 Å². The molecule has 0 aromatic carbocycles. The van der Waals surface area contributed by atoms with Crippen molar-refractivity contribution in [2.24, 2.45) is 7.05 Å². The molecule has 0 unspecified atom stereocenters. The first-order chi connectivity index (χ1) is 7.74. The molecule has 0 radical (unpaired) electrons. The van der Waals surface area contributed by atoms with E-state index in [1.54, 1.807) is 6.26 Å². The van der Waals surface area contributed by atoms with Crippen LogP contribution in [0.15, 0.2) is 27.4 Å². The molecule has 1 N–H and O–H groups in total. The standard InChI is InChI=1S/C11H14BrN3O/c1-13-6-5-8-10(12)14-11(15(8)2)9-4-3-7-16-9/h3-4,7,13H,5-6H2,1-2H3. The SMILES string of the molecule is CNCCc1c(Br)nc(-c2ccco2)n1C. The maximum atomic E-state index is 5.35. The molecule has 2 aromatic rings. The zero-order chi connectivity index (χ0) is 11.5. The largest absolute Gasteiger partial charge is 0.461 e. The van der Waals surface area contributed by atoms with Gasteiger partial charge in [0, 0.05) is 20.0 Å². The molecule has 0 aliphatic carbocycles. The van der Waals surface area contributed by atoms with Gasteiger partial charge in [-0.05, 0) is 35.1 Å². The highest BCUT2D eigenvalue weighted by Crippen LogP contribution is 2.25. The summed E-state index contributed by atoms with van der Waals surface area (Å²) in [4.78, 5) is 4.46. The van der Waals surface area contributed by atoms with Gasteiger partial charge in [0.25, 0.3) is 0 Å². The van der Waals surface area contributed by atoms with Gasteiger partial charge in [-0.1, -0.05) is 0 Å². The Morgan fingerprint density at radius 3 is 3.00 bits per heavy atom. The van der Waals surface area contributed by atoms with Gasteiger partial charge in [0.15, 0.2) is 11.6 Å². The molecule has 2 aromatic heterocycles. The van der Waals surface area contributed by atoms with Crippen LogP contribution in [-0.4, -0.2) is 23.1 Å². The van der Waals surface area contributed by atoms with Crippen LogP contribution in [0.25, 0.3) is 11.6 Å². The molecule has 0 atom stereocenters. The third-order valence-electron chi connectivity index (χ3n) is 2.52. The lowest BCUT2D eigenvalue weighted by Crippen LogP contribution is -2.12. The summed E-state index contributed by atoms with van der Waals surface area (Å²) in [5, 5.41) is 3.13. The van der Waals surface area contributed by atoms with Crippen LogP contribution in [0.5, 0.6) is 0 Å². The average Bonchev–Trinajstić information content (AvgIpc) is 2.86. The fourth-order valence-electron chi connectivity index (χ4n) is 1.64. The normalized spacial score (nSPS) is 10.9. The molecule has 0 amide bonds. The monoisotopic (exact) mass is 283 g/mol. The minimum absolute atomic E-state index is 0.791.